The van der Waals surface area contributed by atoms with Gasteiger partial charge in [0.25, 0.3) is 0 Å². The van der Waals surface area contributed by atoms with E-state index in [0.717, 1.165) is 5.56 Å². The molecule has 0 aliphatic carbocycles. The Labute approximate surface area is 87.6 Å². The van der Waals surface area contributed by atoms with Gasteiger partial charge in [0.2, 0.25) is 0 Å². The molecule has 0 bridgehead atoms. The molecule has 0 saturated heterocycles. The van der Waals surface area contributed by atoms with Crippen molar-refractivity contribution in [2.45, 2.75) is 13.5 Å². The maximum Gasteiger partial charge on any atom is 0.0638 e. The number of nitrogens with zero attached hydrogens (tertiary/aromatic N) is 1. The Bertz CT molecular complexity index is 291. The number of hydrogen-bond acceptors (Lipinski definition) is 2. The minimum Gasteiger partial charge on any atom is -0.314 e. The second-order valence-corrected chi connectivity index (χ2v) is 3.48. The molecule has 0 amide bonds. The van der Waals surface area contributed by atoms with Gasteiger partial charge in [-0.15, -0.1) is 0 Å². The van der Waals surface area contributed by atoms with Gasteiger partial charge in [-0.25, -0.2) is 0 Å². The van der Waals surface area contributed by atoms with Gasteiger partial charge in [-0.05, 0) is 11.6 Å². The Kier molecular flexibility index (Phi) is 4.00. The predicted molar refractivity (Wildman–Crippen MR) is 54.3 cm³/mol. The molecule has 0 spiro atoms. The molecule has 0 aliphatic rings. The number of benzene rings is 1. The molecule has 0 atom stereocenters. The highest BCUT2D eigenvalue weighted by molar-refractivity contribution is 6.42. The van der Waals surface area contributed by atoms with Crippen LogP contribution in [0.4, 0.5) is 0 Å². The molecular formula is C9H11Cl2NO. The fraction of sp³-hybridized carbons (Fsp3) is 0.333. The third-order valence-corrected chi connectivity index (χ3v) is 2.61. The summed E-state index contributed by atoms with van der Waals surface area (Å²) < 4.78 is 0. The summed E-state index contributed by atoms with van der Waals surface area (Å²) in [4.78, 5) is 0. The van der Waals surface area contributed by atoms with Crippen molar-refractivity contribution >= 4 is 23.2 Å². The fourth-order valence-electron chi connectivity index (χ4n) is 0.979. The molecule has 0 saturated carbocycles. The van der Waals surface area contributed by atoms with Crippen LogP contribution in [-0.2, 0) is 6.54 Å². The van der Waals surface area contributed by atoms with E-state index in [1.807, 2.05) is 19.1 Å². The zero-order chi connectivity index (χ0) is 9.84. The van der Waals surface area contributed by atoms with Crippen LogP contribution in [0.2, 0.25) is 10.0 Å². The summed E-state index contributed by atoms with van der Waals surface area (Å²) in [7, 11) is 0. The Hall–Kier alpha value is -0.280. The highest BCUT2D eigenvalue weighted by Crippen LogP contribution is 2.26. The van der Waals surface area contributed by atoms with Crippen LogP contribution in [0.1, 0.15) is 12.5 Å². The minimum absolute atomic E-state index is 0.399. The molecule has 2 nitrogen and oxygen atoms in total. The minimum atomic E-state index is 0.399. The first-order valence-corrected chi connectivity index (χ1v) is 4.77. The lowest BCUT2D eigenvalue weighted by Gasteiger charge is -2.13. The molecule has 13 heavy (non-hydrogen) atoms. The SMILES string of the molecule is CCN(O)Cc1cccc(Cl)c1Cl. The lowest BCUT2D eigenvalue weighted by molar-refractivity contribution is -0.0946. The molecule has 0 aromatic heterocycles. The maximum atomic E-state index is 9.26. The second kappa shape index (κ2) is 4.82. The third-order valence-electron chi connectivity index (χ3n) is 1.75. The molecule has 1 N–H and O–H groups in total. The Morgan fingerprint density at radius 1 is 1.38 bits per heavy atom. The lowest BCUT2D eigenvalue weighted by Crippen LogP contribution is -2.17. The van der Waals surface area contributed by atoms with Gasteiger partial charge in [0, 0.05) is 6.54 Å². The summed E-state index contributed by atoms with van der Waals surface area (Å²) in [6.45, 7) is 2.82. The van der Waals surface area contributed by atoms with Gasteiger partial charge < -0.3 is 5.21 Å². The topological polar surface area (TPSA) is 23.5 Å². The summed E-state index contributed by atoms with van der Waals surface area (Å²) in [5.41, 5.74) is 0.832. The van der Waals surface area contributed by atoms with E-state index < -0.39 is 0 Å². The van der Waals surface area contributed by atoms with E-state index in [0.29, 0.717) is 23.1 Å². The van der Waals surface area contributed by atoms with E-state index in [1.54, 1.807) is 6.07 Å². The molecule has 0 heterocycles. The molecular weight excluding hydrogens is 209 g/mol. The zero-order valence-electron chi connectivity index (χ0n) is 7.30. The van der Waals surface area contributed by atoms with Crippen molar-refractivity contribution in [3.8, 4) is 0 Å². The Morgan fingerprint density at radius 2 is 2.08 bits per heavy atom. The highest BCUT2D eigenvalue weighted by Gasteiger charge is 2.06. The van der Waals surface area contributed by atoms with Gasteiger partial charge >= 0.3 is 0 Å². The van der Waals surface area contributed by atoms with E-state index in [4.69, 9.17) is 23.2 Å². The second-order valence-electron chi connectivity index (χ2n) is 2.69. The van der Waals surface area contributed by atoms with Crippen molar-refractivity contribution < 1.29 is 5.21 Å². The van der Waals surface area contributed by atoms with Crippen molar-refractivity contribution in [3.05, 3.63) is 33.8 Å². The normalized spacial score (nSPS) is 10.8. The summed E-state index contributed by atoms with van der Waals surface area (Å²) in [6, 6.07) is 5.38. The van der Waals surface area contributed by atoms with Crippen LogP contribution < -0.4 is 0 Å². The van der Waals surface area contributed by atoms with Crippen molar-refractivity contribution in [1.29, 1.82) is 0 Å². The number of halogens is 2. The molecule has 0 unspecified atom stereocenters. The summed E-state index contributed by atoms with van der Waals surface area (Å²) in [6.07, 6.45) is 0. The first-order chi connectivity index (χ1) is 6.15. The first-order valence-electron chi connectivity index (χ1n) is 4.02. The fourth-order valence-corrected chi connectivity index (χ4v) is 1.36. The molecule has 4 heteroatoms. The van der Waals surface area contributed by atoms with Crippen molar-refractivity contribution in [3.63, 3.8) is 0 Å². The smallest absolute Gasteiger partial charge is 0.0638 e. The summed E-state index contributed by atoms with van der Waals surface area (Å²) >= 11 is 11.7. The van der Waals surface area contributed by atoms with Crippen LogP contribution in [0.5, 0.6) is 0 Å². The van der Waals surface area contributed by atoms with Crippen molar-refractivity contribution in [2.75, 3.05) is 6.54 Å². The van der Waals surface area contributed by atoms with Gasteiger partial charge in [0.15, 0.2) is 0 Å². The molecule has 0 fully saturated rings. The van der Waals surface area contributed by atoms with E-state index in [-0.39, 0.29) is 0 Å². The quantitative estimate of drug-likeness (QED) is 0.790. The van der Waals surface area contributed by atoms with Gasteiger partial charge in [-0.2, -0.15) is 5.06 Å². The van der Waals surface area contributed by atoms with Crippen LogP contribution in [0.25, 0.3) is 0 Å². The van der Waals surface area contributed by atoms with Gasteiger partial charge in [-0.1, -0.05) is 42.3 Å². The molecule has 1 aromatic rings. The average molecular weight is 220 g/mol. The van der Waals surface area contributed by atoms with Crippen molar-refractivity contribution in [2.24, 2.45) is 0 Å². The largest absolute Gasteiger partial charge is 0.314 e. The first kappa shape index (κ1) is 10.8. The maximum absolute atomic E-state index is 9.26. The molecule has 72 valence electrons. The predicted octanol–water partition coefficient (Wildman–Crippen LogP) is 3.20. The standard InChI is InChI=1S/C9H11Cl2NO/c1-2-12(13)6-7-4-3-5-8(10)9(7)11/h3-5,13H,2,6H2,1H3. The van der Waals surface area contributed by atoms with Crippen LogP contribution >= 0.6 is 23.2 Å². The molecule has 1 rings (SSSR count). The van der Waals surface area contributed by atoms with Gasteiger partial charge in [0.05, 0.1) is 16.6 Å². The molecule has 0 aliphatic heterocycles. The Balaban J connectivity index is 2.83. The Morgan fingerprint density at radius 3 is 2.69 bits per heavy atom. The number of rotatable bonds is 3. The van der Waals surface area contributed by atoms with E-state index in [1.165, 1.54) is 5.06 Å². The summed E-state index contributed by atoms with van der Waals surface area (Å²) in [5, 5.41) is 11.5. The van der Waals surface area contributed by atoms with Crippen LogP contribution in [0.15, 0.2) is 18.2 Å². The summed E-state index contributed by atoms with van der Waals surface area (Å²) in [5.74, 6) is 0. The third kappa shape index (κ3) is 2.85. The van der Waals surface area contributed by atoms with Crippen LogP contribution in [0, 0.1) is 0 Å². The molecule has 1 aromatic carbocycles. The number of hydroxylamine groups is 2. The monoisotopic (exact) mass is 219 g/mol. The van der Waals surface area contributed by atoms with E-state index in [2.05, 4.69) is 0 Å². The molecule has 0 radical (unpaired) electrons. The van der Waals surface area contributed by atoms with Gasteiger partial charge in [-0.3, -0.25) is 0 Å². The number of hydrogen-bond donors (Lipinski definition) is 1. The van der Waals surface area contributed by atoms with Gasteiger partial charge in [0.1, 0.15) is 0 Å². The highest BCUT2D eigenvalue weighted by atomic mass is 35.5. The lowest BCUT2D eigenvalue weighted by atomic mass is 10.2. The average Bonchev–Trinajstić information content (AvgIpc) is 2.13. The van der Waals surface area contributed by atoms with Crippen LogP contribution in [-0.4, -0.2) is 16.8 Å². The zero-order valence-corrected chi connectivity index (χ0v) is 8.81. The van der Waals surface area contributed by atoms with Crippen molar-refractivity contribution in [1.82, 2.24) is 5.06 Å². The van der Waals surface area contributed by atoms with E-state index >= 15 is 0 Å². The van der Waals surface area contributed by atoms with Crippen LogP contribution in [0.3, 0.4) is 0 Å². The van der Waals surface area contributed by atoms with E-state index in [9.17, 15) is 5.21 Å².